The predicted octanol–water partition coefficient (Wildman–Crippen LogP) is 6.07. The summed E-state index contributed by atoms with van der Waals surface area (Å²) in [6.07, 6.45) is 5.63. The van der Waals surface area contributed by atoms with Crippen molar-refractivity contribution in [2.24, 2.45) is 0 Å². The lowest BCUT2D eigenvalue weighted by molar-refractivity contribution is 0.0866. The van der Waals surface area contributed by atoms with Gasteiger partial charge in [-0.2, -0.15) is 0 Å². The lowest BCUT2D eigenvalue weighted by Gasteiger charge is -2.33. The van der Waals surface area contributed by atoms with Crippen LogP contribution in [-0.4, -0.2) is 36.0 Å². The summed E-state index contributed by atoms with van der Waals surface area (Å²) in [5.74, 6) is 0.0752. The number of hydrogen-bond acceptors (Lipinski definition) is 3. The van der Waals surface area contributed by atoms with E-state index >= 15 is 0 Å². The minimum atomic E-state index is -0.212. The van der Waals surface area contributed by atoms with Gasteiger partial charge in [-0.3, -0.25) is 9.69 Å². The third kappa shape index (κ3) is 3.37. The van der Waals surface area contributed by atoms with Crippen LogP contribution in [0.3, 0.4) is 0 Å². The normalized spacial score (nSPS) is 20.7. The van der Waals surface area contributed by atoms with Crippen LogP contribution in [0, 0.1) is 0 Å². The van der Waals surface area contributed by atoms with Gasteiger partial charge in [-0.25, -0.2) is 4.79 Å². The predicted molar refractivity (Wildman–Crippen MR) is 128 cm³/mol. The molecular formula is C29H25NO3. The molecule has 164 valence electrons. The van der Waals surface area contributed by atoms with Crippen molar-refractivity contribution >= 4 is 18.0 Å². The molecule has 3 aromatic carbocycles. The van der Waals surface area contributed by atoms with Crippen LogP contribution in [0.25, 0.3) is 16.7 Å². The Morgan fingerprint density at radius 3 is 2.21 bits per heavy atom. The Morgan fingerprint density at radius 2 is 1.58 bits per heavy atom. The molecular weight excluding hydrogens is 410 g/mol. The number of amides is 1. The van der Waals surface area contributed by atoms with Crippen molar-refractivity contribution in [3.05, 3.63) is 101 Å². The average Bonchev–Trinajstić information content (AvgIpc) is 3.33. The number of aldehydes is 1. The summed E-state index contributed by atoms with van der Waals surface area (Å²) in [5, 5.41) is 0. The Hall–Kier alpha value is -3.66. The third-order valence-corrected chi connectivity index (χ3v) is 7.36. The fourth-order valence-corrected chi connectivity index (χ4v) is 5.77. The quantitative estimate of drug-likeness (QED) is 0.468. The van der Waals surface area contributed by atoms with Gasteiger partial charge in [0.1, 0.15) is 12.9 Å². The van der Waals surface area contributed by atoms with Crippen LogP contribution in [0.5, 0.6) is 0 Å². The van der Waals surface area contributed by atoms with Crippen molar-refractivity contribution in [3.63, 3.8) is 0 Å². The highest BCUT2D eigenvalue weighted by atomic mass is 16.6. The van der Waals surface area contributed by atoms with Gasteiger partial charge in [0.15, 0.2) is 0 Å². The third-order valence-electron chi connectivity index (χ3n) is 7.36. The number of rotatable bonds is 4. The second-order valence-electron chi connectivity index (χ2n) is 9.15. The molecule has 2 atom stereocenters. The zero-order valence-electron chi connectivity index (χ0n) is 18.3. The maximum Gasteiger partial charge on any atom is 0.410 e. The Kier molecular flexibility index (Phi) is 4.87. The smallest absolute Gasteiger partial charge is 0.410 e. The lowest BCUT2D eigenvalue weighted by Crippen LogP contribution is -2.43. The molecule has 0 spiro atoms. The van der Waals surface area contributed by atoms with Gasteiger partial charge in [0, 0.05) is 17.5 Å². The topological polar surface area (TPSA) is 46.6 Å². The van der Waals surface area contributed by atoms with E-state index in [0.29, 0.717) is 12.2 Å². The van der Waals surface area contributed by atoms with Gasteiger partial charge >= 0.3 is 6.09 Å². The highest BCUT2D eigenvalue weighted by molar-refractivity contribution is 5.80. The van der Waals surface area contributed by atoms with E-state index < -0.39 is 0 Å². The molecule has 2 unspecified atom stereocenters. The summed E-state index contributed by atoms with van der Waals surface area (Å²) < 4.78 is 5.95. The monoisotopic (exact) mass is 435 g/mol. The van der Waals surface area contributed by atoms with E-state index in [-0.39, 0.29) is 24.1 Å². The molecule has 3 aliphatic rings. The number of carbonyl (C=O) groups is 2. The molecule has 1 aliphatic carbocycles. The van der Waals surface area contributed by atoms with Crippen molar-refractivity contribution in [3.8, 4) is 11.1 Å². The molecule has 4 nitrogen and oxygen atoms in total. The first-order valence-electron chi connectivity index (χ1n) is 11.6. The first-order valence-corrected chi connectivity index (χ1v) is 11.6. The number of carbonyl (C=O) groups excluding carboxylic acids is 2. The molecule has 0 aromatic heterocycles. The number of nitrogens with zero attached hydrogens (tertiary/aromatic N) is 1. The van der Waals surface area contributed by atoms with Crippen LogP contribution in [0.1, 0.15) is 52.2 Å². The molecule has 0 N–H and O–H groups in total. The van der Waals surface area contributed by atoms with Crippen LogP contribution in [0.15, 0.2) is 78.9 Å². The van der Waals surface area contributed by atoms with Gasteiger partial charge in [0.05, 0.1) is 6.04 Å². The van der Waals surface area contributed by atoms with E-state index in [4.69, 9.17) is 4.74 Å². The molecule has 33 heavy (non-hydrogen) atoms. The van der Waals surface area contributed by atoms with Gasteiger partial charge < -0.3 is 4.74 Å². The first kappa shape index (κ1) is 20.0. The van der Waals surface area contributed by atoms with E-state index in [9.17, 15) is 9.59 Å². The van der Waals surface area contributed by atoms with E-state index in [2.05, 4.69) is 54.6 Å². The molecule has 1 fully saturated rings. The van der Waals surface area contributed by atoms with Crippen molar-refractivity contribution in [1.29, 1.82) is 0 Å². The number of fused-ring (bicyclic) bond motifs is 5. The average molecular weight is 436 g/mol. The number of hydrogen-bond donors (Lipinski definition) is 0. The minimum absolute atomic E-state index is 0.0696. The Bertz CT molecular complexity index is 1210. The molecule has 1 amide bonds. The van der Waals surface area contributed by atoms with Crippen molar-refractivity contribution in [2.75, 3.05) is 6.61 Å². The number of ether oxygens (including phenoxy) is 1. The maximum atomic E-state index is 13.2. The Morgan fingerprint density at radius 1 is 0.909 bits per heavy atom. The van der Waals surface area contributed by atoms with E-state index in [1.807, 2.05) is 29.2 Å². The lowest BCUT2D eigenvalue weighted by atomic mass is 9.94. The SMILES string of the molecule is O=Cc1ccc(C2=CC3CCC(C2)N3C(=O)OCC2c3ccccc3-c3ccccc32)cc1. The van der Waals surface area contributed by atoms with Crippen LogP contribution in [0.2, 0.25) is 0 Å². The molecule has 1 saturated heterocycles. The van der Waals surface area contributed by atoms with Gasteiger partial charge in [-0.05, 0) is 52.7 Å². The Labute approximate surface area is 193 Å². The summed E-state index contributed by atoms with van der Waals surface area (Å²) in [6, 6.07) is 24.7. The fraction of sp³-hybridized carbons (Fsp3) is 0.241. The molecule has 6 rings (SSSR count). The maximum absolute atomic E-state index is 13.2. The van der Waals surface area contributed by atoms with Crippen molar-refractivity contribution in [1.82, 2.24) is 4.90 Å². The highest BCUT2D eigenvalue weighted by Gasteiger charge is 2.41. The summed E-state index contributed by atoms with van der Waals surface area (Å²) in [7, 11) is 0. The zero-order valence-corrected chi connectivity index (χ0v) is 18.3. The van der Waals surface area contributed by atoms with Gasteiger partial charge in [0.25, 0.3) is 0 Å². The van der Waals surface area contributed by atoms with E-state index in [1.165, 1.54) is 27.8 Å². The van der Waals surface area contributed by atoms with Gasteiger partial charge in [-0.15, -0.1) is 0 Å². The summed E-state index contributed by atoms with van der Waals surface area (Å²) in [5.41, 5.74) is 7.99. The van der Waals surface area contributed by atoms with Crippen LogP contribution >= 0.6 is 0 Å². The van der Waals surface area contributed by atoms with Crippen LogP contribution in [0.4, 0.5) is 4.79 Å². The molecule has 4 heteroatoms. The largest absolute Gasteiger partial charge is 0.448 e. The van der Waals surface area contributed by atoms with Gasteiger partial charge in [-0.1, -0.05) is 78.9 Å². The summed E-state index contributed by atoms with van der Waals surface area (Å²) in [6.45, 7) is 0.354. The fourth-order valence-electron chi connectivity index (χ4n) is 5.77. The minimum Gasteiger partial charge on any atom is -0.448 e. The zero-order chi connectivity index (χ0) is 22.4. The second kappa shape index (κ2) is 8.04. The first-order chi connectivity index (χ1) is 16.2. The van der Waals surface area contributed by atoms with Crippen LogP contribution < -0.4 is 0 Å². The van der Waals surface area contributed by atoms with Crippen LogP contribution in [-0.2, 0) is 4.74 Å². The van der Waals surface area contributed by atoms with E-state index in [0.717, 1.165) is 31.1 Å². The molecule has 0 saturated carbocycles. The van der Waals surface area contributed by atoms with Crippen molar-refractivity contribution in [2.45, 2.75) is 37.3 Å². The van der Waals surface area contributed by atoms with Crippen molar-refractivity contribution < 1.29 is 14.3 Å². The second-order valence-corrected chi connectivity index (χ2v) is 9.15. The summed E-state index contributed by atoms with van der Waals surface area (Å²) >= 11 is 0. The highest BCUT2D eigenvalue weighted by Crippen LogP contribution is 2.45. The number of benzene rings is 3. The molecule has 2 bridgehead atoms. The Balaban J connectivity index is 1.19. The van der Waals surface area contributed by atoms with Gasteiger partial charge in [0.2, 0.25) is 0 Å². The van der Waals surface area contributed by atoms with E-state index in [1.54, 1.807) is 0 Å². The summed E-state index contributed by atoms with van der Waals surface area (Å²) in [4.78, 5) is 26.1. The molecule has 2 aliphatic heterocycles. The molecule has 0 radical (unpaired) electrons. The molecule has 3 aromatic rings. The standard InChI is InChI=1S/C29H25NO3/c31-17-19-9-11-20(12-10-19)21-15-22-13-14-23(16-21)30(22)29(32)33-18-28-26-7-3-1-5-24(26)25-6-2-4-8-27(25)28/h1-12,15,17,22-23,28H,13-14,16,18H2. The molecule has 2 heterocycles.